The maximum absolute atomic E-state index is 12.8. The minimum absolute atomic E-state index is 0.0216. The molecular weight excluding hydrogens is 440 g/mol. The molecule has 4 rings (SSSR count). The van der Waals surface area contributed by atoms with E-state index in [2.05, 4.69) is 5.32 Å². The number of esters is 1. The summed E-state index contributed by atoms with van der Waals surface area (Å²) >= 11 is 6.16. The van der Waals surface area contributed by atoms with Crippen LogP contribution in [-0.4, -0.2) is 17.8 Å². The summed E-state index contributed by atoms with van der Waals surface area (Å²) in [6, 6.07) is 22.3. The Morgan fingerprint density at radius 3 is 2.18 bits per heavy atom. The van der Waals surface area contributed by atoms with Crippen molar-refractivity contribution in [2.45, 2.75) is 19.8 Å². The van der Waals surface area contributed by atoms with Crippen molar-refractivity contribution in [3.63, 3.8) is 0 Å². The second-order valence-electron chi connectivity index (χ2n) is 7.75. The third-order valence-corrected chi connectivity index (χ3v) is 5.53. The Bertz CT molecular complexity index is 1250. The highest BCUT2D eigenvalue weighted by molar-refractivity contribution is 6.53. The Kier molecular flexibility index (Phi) is 6.29. The van der Waals surface area contributed by atoms with E-state index >= 15 is 0 Å². The van der Waals surface area contributed by atoms with Gasteiger partial charge in [0, 0.05) is 5.69 Å². The monoisotopic (exact) mass is 460 g/mol. The van der Waals surface area contributed by atoms with Crippen LogP contribution in [0.15, 0.2) is 89.6 Å². The van der Waals surface area contributed by atoms with Crippen LogP contribution in [0.5, 0.6) is 5.75 Å². The van der Waals surface area contributed by atoms with E-state index in [9.17, 15) is 14.4 Å². The van der Waals surface area contributed by atoms with Crippen molar-refractivity contribution < 1.29 is 19.1 Å². The van der Waals surface area contributed by atoms with E-state index in [-0.39, 0.29) is 16.6 Å². The van der Waals surface area contributed by atoms with Crippen molar-refractivity contribution in [1.29, 1.82) is 0 Å². The molecule has 0 aliphatic carbocycles. The van der Waals surface area contributed by atoms with E-state index in [1.165, 1.54) is 0 Å². The van der Waals surface area contributed by atoms with Gasteiger partial charge in [0.05, 0.1) is 11.3 Å². The van der Waals surface area contributed by atoms with Crippen LogP contribution in [0.25, 0.3) is 0 Å². The van der Waals surface area contributed by atoms with Crippen LogP contribution in [0.1, 0.15) is 35.7 Å². The molecule has 0 spiro atoms. The van der Waals surface area contributed by atoms with E-state index in [1.807, 2.05) is 32.0 Å². The lowest BCUT2D eigenvalue weighted by molar-refractivity contribution is -0.120. The Morgan fingerprint density at radius 1 is 0.879 bits per heavy atom. The molecule has 1 heterocycles. The minimum atomic E-state index is -0.598. The quantitative estimate of drug-likeness (QED) is 0.300. The number of nitrogens with zero attached hydrogens (tertiary/aromatic N) is 1. The van der Waals surface area contributed by atoms with Crippen LogP contribution in [0.2, 0.25) is 0 Å². The van der Waals surface area contributed by atoms with Crippen LogP contribution in [0.3, 0.4) is 0 Å². The fraction of sp³-hybridized carbons (Fsp3) is 0.115. The van der Waals surface area contributed by atoms with Gasteiger partial charge in [0.2, 0.25) is 0 Å². The number of amides is 2. The highest BCUT2D eigenvalue weighted by atomic mass is 35.5. The zero-order valence-electron chi connectivity index (χ0n) is 18.0. The summed E-state index contributed by atoms with van der Waals surface area (Å²) in [6.45, 7) is 4.06. The molecule has 33 heavy (non-hydrogen) atoms. The van der Waals surface area contributed by atoms with Gasteiger partial charge in [-0.25, -0.2) is 9.69 Å². The maximum Gasteiger partial charge on any atom is 0.343 e. The fourth-order valence-electron chi connectivity index (χ4n) is 3.47. The number of benzene rings is 3. The number of carbonyl (C=O) groups excluding carboxylic acids is 3. The molecule has 166 valence electrons. The molecule has 3 aromatic carbocycles. The lowest BCUT2D eigenvalue weighted by Gasteiger charge is -2.15. The average molecular weight is 461 g/mol. The molecule has 1 aliphatic heterocycles. The molecule has 1 aliphatic rings. The standard InChI is InChI=1S/C26H21ClN2O4/c1-16(2)20-10-6-7-11-21(20)33-26(32)17-12-14-18(15-13-17)28-23-22(27)24(30)29(25(23)31)19-8-4-3-5-9-19/h3-16,28H,1-2H3. The van der Waals surface area contributed by atoms with Gasteiger partial charge in [-0.05, 0) is 53.9 Å². The van der Waals surface area contributed by atoms with Gasteiger partial charge in [-0.3, -0.25) is 9.59 Å². The Hall–Kier alpha value is -3.90. The molecule has 7 heteroatoms. The van der Waals surface area contributed by atoms with E-state index in [0.717, 1.165) is 10.5 Å². The summed E-state index contributed by atoms with van der Waals surface area (Å²) in [5, 5.41) is 2.70. The molecule has 0 saturated carbocycles. The zero-order valence-corrected chi connectivity index (χ0v) is 18.8. The predicted molar refractivity (Wildman–Crippen MR) is 127 cm³/mol. The SMILES string of the molecule is CC(C)c1ccccc1OC(=O)c1ccc(NC2=C(Cl)C(=O)N(c3ccccc3)C2=O)cc1. The first kappa shape index (κ1) is 22.3. The fourth-order valence-corrected chi connectivity index (χ4v) is 3.68. The smallest absolute Gasteiger partial charge is 0.343 e. The number of anilines is 2. The van der Waals surface area contributed by atoms with Gasteiger partial charge in [-0.2, -0.15) is 0 Å². The van der Waals surface area contributed by atoms with Crippen LogP contribution in [0.4, 0.5) is 11.4 Å². The second kappa shape index (κ2) is 9.30. The summed E-state index contributed by atoms with van der Waals surface area (Å²) in [5.41, 5.74) is 2.20. The van der Waals surface area contributed by atoms with Gasteiger partial charge in [0.1, 0.15) is 16.5 Å². The first-order valence-corrected chi connectivity index (χ1v) is 10.8. The van der Waals surface area contributed by atoms with Crippen molar-refractivity contribution in [1.82, 2.24) is 0 Å². The molecule has 0 bridgehead atoms. The maximum atomic E-state index is 12.8. The first-order valence-electron chi connectivity index (χ1n) is 10.4. The number of halogens is 1. The number of imide groups is 1. The topological polar surface area (TPSA) is 75.7 Å². The molecule has 1 N–H and O–H groups in total. The Balaban J connectivity index is 1.48. The summed E-state index contributed by atoms with van der Waals surface area (Å²) in [7, 11) is 0. The van der Waals surface area contributed by atoms with Crippen LogP contribution in [-0.2, 0) is 9.59 Å². The van der Waals surface area contributed by atoms with Gasteiger partial charge in [-0.15, -0.1) is 0 Å². The number of hydrogen-bond acceptors (Lipinski definition) is 5. The van der Waals surface area contributed by atoms with Gasteiger partial charge < -0.3 is 10.1 Å². The summed E-state index contributed by atoms with van der Waals surface area (Å²) in [5.74, 6) is -0.910. The van der Waals surface area contributed by atoms with Crippen LogP contribution >= 0.6 is 11.6 Å². The summed E-state index contributed by atoms with van der Waals surface area (Å²) in [6.07, 6.45) is 0. The van der Waals surface area contributed by atoms with Gasteiger partial charge in [-0.1, -0.05) is 61.8 Å². The molecule has 0 unspecified atom stereocenters. The minimum Gasteiger partial charge on any atom is -0.423 e. The average Bonchev–Trinajstić information content (AvgIpc) is 3.03. The molecule has 0 aromatic heterocycles. The normalized spacial score (nSPS) is 13.6. The number of carbonyl (C=O) groups is 3. The van der Waals surface area contributed by atoms with E-state index < -0.39 is 17.8 Å². The van der Waals surface area contributed by atoms with Gasteiger partial charge in [0.25, 0.3) is 11.8 Å². The van der Waals surface area contributed by atoms with Crippen molar-refractivity contribution in [3.8, 4) is 5.75 Å². The van der Waals surface area contributed by atoms with Crippen molar-refractivity contribution in [2.75, 3.05) is 10.2 Å². The number of hydrogen-bond donors (Lipinski definition) is 1. The van der Waals surface area contributed by atoms with Gasteiger partial charge >= 0.3 is 5.97 Å². The number of rotatable bonds is 6. The van der Waals surface area contributed by atoms with Gasteiger partial charge in [0.15, 0.2) is 0 Å². The lowest BCUT2D eigenvalue weighted by atomic mass is 10.0. The molecule has 2 amide bonds. The number of nitrogens with one attached hydrogen (secondary N) is 1. The second-order valence-corrected chi connectivity index (χ2v) is 8.13. The van der Waals surface area contributed by atoms with Crippen LogP contribution in [0, 0.1) is 0 Å². The van der Waals surface area contributed by atoms with Crippen molar-refractivity contribution >= 4 is 40.8 Å². The molecule has 0 fully saturated rings. The van der Waals surface area contributed by atoms with Crippen LogP contribution < -0.4 is 15.0 Å². The molecule has 0 radical (unpaired) electrons. The van der Waals surface area contributed by atoms with E-state index in [4.69, 9.17) is 16.3 Å². The molecule has 6 nitrogen and oxygen atoms in total. The number of para-hydroxylation sites is 2. The predicted octanol–water partition coefficient (Wildman–Crippen LogP) is 5.46. The Morgan fingerprint density at radius 2 is 1.52 bits per heavy atom. The summed E-state index contributed by atoms with van der Waals surface area (Å²) in [4.78, 5) is 39.0. The third-order valence-electron chi connectivity index (χ3n) is 5.18. The molecule has 0 saturated heterocycles. The Labute approximate surface area is 196 Å². The lowest BCUT2D eigenvalue weighted by Crippen LogP contribution is -2.32. The highest BCUT2D eigenvalue weighted by Gasteiger charge is 2.38. The van der Waals surface area contributed by atoms with Crippen molar-refractivity contribution in [3.05, 3.63) is 101 Å². The molecule has 0 atom stereocenters. The van der Waals surface area contributed by atoms with E-state index in [1.54, 1.807) is 60.7 Å². The highest BCUT2D eigenvalue weighted by Crippen LogP contribution is 2.30. The molecule has 3 aromatic rings. The molecular formula is C26H21ClN2O4. The third kappa shape index (κ3) is 4.52. The number of ether oxygens (including phenoxy) is 1. The zero-order chi connectivity index (χ0) is 23.5. The first-order chi connectivity index (χ1) is 15.9. The van der Waals surface area contributed by atoms with Crippen molar-refractivity contribution in [2.24, 2.45) is 0 Å². The largest absolute Gasteiger partial charge is 0.423 e. The van der Waals surface area contributed by atoms with E-state index in [0.29, 0.717) is 22.7 Å². The summed E-state index contributed by atoms with van der Waals surface area (Å²) < 4.78 is 5.58.